The van der Waals surface area contributed by atoms with Crippen LogP contribution in [-0.2, 0) is 4.74 Å². The normalized spacial score (nSPS) is 12.8. The maximum absolute atomic E-state index is 15.2. The lowest BCUT2D eigenvalue weighted by atomic mass is 10.0. The average molecular weight is 461 g/mol. The number of hydrogen-bond acceptors (Lipinski definition) is 6. The lowest BCUT2D eigenvalue weighted by molar-refractivity contribution is 0.0217. The Labute approximate surface area is 187 Å². The van der Waals surface area contributed by atoms with Gasteiger partial charge in [0.05, 0.1) is 30.3 Å². The van der Waals surface area contributed by atoms with Gasteiger partial charge in [-0.25, -0.2) is 13.2 Å². The van der Waals surface area contributed by atoms with Gasteiger partial charge in [0, 0.05) is 19.4 Å². The van der Waals surface area contributed by atoms with Gasteiger partial charge >= 0.3 is 0 Å². The predicted octanol–water partition coefficient (Wildman–Crippen LogP) is 2.47. The van der Waals surface area contributed by atoms with Crippen LogP contribution in [0.1, 0.15) is 10.4 Å². The first-order chi connectivity index (χ1) is 15.9. The summed E-state index contributed by atoms with van der Waals surface area (Å²) in [7, 11) is 1.35. The number of methoxy groups -OCH3 is 1. The molecule has 3 aromatic rings. The summed E-state index contributed by atoms with van der Waals surface area (Å²) in [6.07, 6.45) is -0.799. The summed E-state index contributed by atoms with van der Waals surface area (Å²) in [6.45, 7) is 2.94. The van der Waals surface area contributed by atoms with Crippen LogP contribution in [0.15, 0.2) is 47.6 Å². The van der Waals surface area contributed by atoms with E-state index in [1.54, 1.807) is 0 Å². The Kier molecular flexibility index (Phi) is 7.80. The molecule has 0 radical (unpaired) electrons. The molecule has 1 amide bonds. The number of aliphatic hydroxyl groups excluding tert-OH is 1. The fourth-order valence-electron chi connectivity index (χ4n) is 3.31. The lowest BCUT2D eigenvalue weighted by Gasteiger charge is -2.25. The van der Waals surface area contributed by atoms with E-state index in [-0.39, 0.29) is 23.4 Å². The van der Waals surface area contributed by atoms with Crippen molar-refractivity contribution >= 4 is 12.6 Å². The van der Waals surface area contributed by atoms with Crippen LogP contribution in [0.5, 0.6) is 0 Å². The quantitative estimate of drug-likeness (QED) is 0.274. The van der Waals surface area contributed by atoms with Crippen LogP contribution in [0.25, 0.3) is 22.5 Å². The average Bonchev–Trinajstić information content (AvgIpc) is 3.19. The number of H-pyrrole nitrogens is 1. The lowest BCUT2D eigenvalue weighted by Crippen LogP contribution is -2.50. The summed E-state index contributed by atoms with van der Waals surface area (Å²) in [5.41, 5.74) is 1.83. The molecule has 0 saturated carbocycles. The number of carbonyl (C=O) groups is 1. The molecule has 2 aromatic carbocycles. The van der Waals surface area contributed by atoms with E-state index in [1.807, 2.05) is 0 Å². The van der Waals surface area contributed by atoms with Gasteiger partial charge < -0.3 is 20.6 Å². The number of nitrogens with zero attached hydrogens (tertiary/aromatic N) is 2. The smallest absolute Gasteiger partial charge is 0.252 e. The van der Waals surface area contributed by atoms with Crippen LogP contribution in [0.4, 0.5) is 13.2 Å². The molecule has 4 N–H and O–H groups in total. The molecule has 11 heteroatoms. The van der Waals surface area contributed by atoms with Crippen LogP contribution in [0, 0.1) is 17.5 Å². The van der Waals surface area contributed by atoms with Gasteiger partial charge in [-0.3, -0.25) is 9.89 Å². The molecule has 3 rings (SSSR count). The second-order valence-electron chi connectivity index (χ2n) is 6.99. The Balaban J connectivity index is 1.99. The van der Waals surface area contributed by atoms with Crippen molar-refractivity contribution in [2.24, 2.45) is 5.10 Å². The van der Waals surface area contributed by atoms with Gasteiger partial charge in [0.1, 0.15) is 29.1 Å². The molecular formula is C22H22F3N5O3. The van der Waals surface area contributed by atoms with E-state index in [4.69, 9.17) is 4.74 Å². The van der Waals surface area contributed by atoms with Gasteiger partial charge in [-0.05, 0) is 36.4 Å². The van der Waals surface area contributed by atoms with Gasteiger partial charge in [-0.15, -0.1) is 0 Å². The number of hydrogen-bond donors (Lipinski definition) is 4. The van der Waals surface area contributed by atoms with Gasteiger partial charge in [0.15, 0.2) is 5.82 Å². The summed E-state index contributed by atoms with van der Waals surface area (Å²) in [4.78, 5) is 13.0. The first-order valence-electron chi connectivity index (χ1n) is 9.83. The standard InChI is InChI=1S/C22H22F3N5O3/c1-26-27-10-16(17(11-31)33-2)28-22(32)14-4-3-5-15(24)18(14)21-19(25)20(29-30-21)12-6-8-13(23)9-7-12/h3-9,16-17,27,31H,1,10-11H2,2H3,(H,28,32)(H,29,30)/t16-,17?/m1/s1. The van der Waals surface area contributed by atoms with Crippen molar-refractivity contribution < 1.29 is 27.8 Å². The number of halogens is 3. The van der Waals surface area contributed by atoms with Crippen LogP contribution < -0.4 is 10.7 Å². The molecule has 0 aliphatic rings. The highest BCUT2D eigenvalue weighted by Crippen LogP contribution is 2.32. The molecule has 0 aliphatic carbocycles. The van der Waals surface area contributed by atoms with Gasteiger partial charge in [-0.2, -0.15) is 10.2 Å². The van der Waals surface area contributed by atoms with Gasteiger partial charge in [-0.1, -0.05) is 6.07 Å². The molecule has 0 spiro atoms. The summed E-state index contributed by atoms with van der Waals surface area (Å²) in [6, 6.07) is 7.91. The maximum atomic E-state index is 15.2. The van der Waals surface area contributed by atoms with E-state index >= 15 is 4.39 Å². The molecule has 1 heterocycles. The van der Waals surface area contributed by atoms with Crippen LogP contribution in [-0.4, -0.2) is 60.3 Å². The highest BCUT2D eigenvalue weighted by Gasteiger charge is 2.28. The Hall–Kier alpha value is -3.70. The number of rotatable bonds is 10. The Morgan fingerprint density at radius 2 is 1.97 bits per heavy atom. The Bertz CT molecular complexity index is 1120. The fraction of sp³-hybridized carbons (Fsp3) is 0.227. The van der Waals surface area contributed by atoms with Crippen molar-refractivity contribution in [1.82, 2.24) is 20.9 Å². The number of ether oxygens (including phenoxy) is 1. The van der Waals surface area contributed by atoms with E-state index in [0.717, 1.165) is 18.2 Å². The van der Waals surface area contributed by atoms with Gasteiger partial charge in [0.25, 0.3) is 5.91 Å². The van der Waals surface area contributed by atoms with Crippen LogP contribution in [0.3, 0.4) is 0 Å². The van der Waals surface area contributed by atoms with Crippen molar-refractivity contribution in [3.05, 3.63) is 65.5 Å². The van der Waals surface area contributed by atoms with E-state index in [1.165, 1.54) is 31.4 Å². The van der Waals surface area contributed by atoms with Crippen molar-refractivity contribution in [2.45, 2.75) is 12.1 Å². The third-order valence-corrected chi connectivity index (χ3v) is 5.01. The largest absolute Gasteiger partial charge is 0.394 e. The third kappa shape index (κ3) is 5.21. The second kappa shape index (κ2) is 10.7. The fourth-order valence-corrected chi connectivity index (χ4v) is 3.31. The number of benzene rings is 2. The minimum Gasteiger partial charge on any atom is -0.394 e. The maximum Gasteiger partial charge on any atom is 0.252 e. The number of nitrogens with one attached hydrogen (secondary N) is 3. The molecule has 2 atom stereocenters. The molecule has 33 heavy (non-hydrogen) atoms. The predicted molar refractivity (Wildman–Crippen MR) is 116 cm³/mol. The summed E-state index contributed by atoms with van der Waals surface area (Å²) >= 11 is 0. The zero-order chi connectivity index (χ0) is 24.0. The number of carbonyl (C=O) groups excluding carboxylic acids is 1. The Morgan fingerprint density at radius 1 is 1.24 bits per heavy atom. The summed E-state index contributed by atoms with van der Waals surface area (Å²) in [5.74, 6) is -3.02. The minimum absolute atomic E-state index is 0.0600. The zero-order valence-corrected chi connectivity index (χ0v) is 17.6. The topological polar surface area (TPSA) is 112 Å². The minimum atomic E-state index is -0.903. The first-order valence-corrected chi connectivity index (χ1v) is 9.83. The molecular weight excluding hydrogens is 439 g/mol. The molecule has 0 bridgehead atoms. The summed E-state index contributed by atoms with van der Waals surface area (Å²) in [5, 5.41) is 22.0. The molecule has 1 unspecified atom stereocenters. The second-order valence-corrected chi connectivity index (χ2v) is 6.99. The molecule has 0 aliphatic heterocycles. The number of hydrazone groups is 1. The van der Waals surface area contributed by atoms with E-state index in [9.17, 15) is 18.7 Å². The monoisotopic (exact) mass is 461 g/mol. The van der Waals surface area contributed by atoms with Crippen molar-refractivity contribution in [3.63, 3.8) is 0 Å². The number of aliphatic hydroxyl groups is 1. The van der Waals surface area contributed by atoms with Crippen molar-refractivity contribution in [3.8, 4) is 22.5 Å². The molecule has 0 fully saturated rings. The van der Waals surface area contributed by atoms with E-state index < -0.39 is 47.8 Å². The highest BCUT2D eigenvalue weighted by atomic mass is 19.1. The van der Waals surface area contributed by atoms with Crippen LogP contribution >= 0.6 is 0 Å². The Morgan fingerprint density at radius 3 is 2.61 bits per heavy atom. The highest BCUT2D eigenvalue weighted by molar-refractivity contribution is 6.01. The van der Waals surface area contributed by atoms with E-state index in [0.29, 0.717) is 5.56 Å². The van der Waals surface area contributed by atoms with Crippen LogP contribution in [0.2, 0.25) is 0 Å². The molecule has 8 nitrogen and oxygen atoms in total. The molecule has 174 valence electrons. The van der Waals surface area contributed by atoms with E-state index in [2.05, 4.69) is 32.8 Å². The number of aromatic amines is 1. The molecule has 0 saturated heterocycles. The van der Waals surface area contributed by atoms with Crippen molar-refractivity contribution in [2.75, 3.05) is 20.3 Å². The zero-order valence-electron chi connectivity index (χ0n) is 17.6. The number of amides is 1. The van der Waals surface area contributed by atoms with Crippen molar-refractivity contribution in [1.29, 1.82) is 0 Å². The SMILES string of the molecule is C=NNC[C@@H](NC(=O)c1cccc(F)c1-c1n[nH]c(-c2ccc(F)cc2)c1F)C(CO)OC. The third-order valence-electron chi connectivity index (χ3n) is 5.01. The van der Waals surface area contributed by atoms with Gasteiger partial charge in [0.2, 0.25) is 0 Å². The first kappa shape index (κ1) is 24.0. The molecule has 1 aromatic heterocycles. The number of aromatic nitrogens is 2. The summed E-state index contributed by atoms with van der Waals surface area (Å²) < 4.78 is 48.4.